The lowest BCUT2D eigenvalue weighted by Crippen LogP contribution is -2.58. The Morgan fingerprint density at radius 3 is 1.67 bits per heavy atom. The normalized spacial score (nSPS) is 13.3. The van der Waals surface area contributed by atoms with E-state index in [4.69, 9.17) is 21.1 Å². The first-order chi connectivity index (χ1) is 21.2. The van der Waals surface area contributed by atoms with Crippen LogP contribution in [-0.2, 0) is 46.4 Å². The van der Waals surface area contributed by atoms with Crippen LogP contribution in [-0.4, -0.2) is 92.7 Å². The summed E-state index contributed by atoms with van der Waals surface area (Å²) in [5.74, 6) is -7.77. The van der Waals surface area contributed by atoms with Crippen molar-refractivity contribution in [3.05, 3.63) is 65.7 Å². The van der Waals surface area contributed by atoms with Crippen molar-refractivity contribution >= 4 is 41.5 Å². The van der Waals surface area contributed by atoms with Gasteiger partial charge >= 0.3 is 17.9 Å². The molecule has 0 radical (unpaired) electrons. The standard InChI is InChI=1S/C29H35N5O11/c30-19(14-24(38)39)26(42)32-20(10-11-23(36)37)28(44)34-22(12-16-4-2-1-3-5-16)29(45)33-21(27(43)31-15-25(40)41)13-17-6-8-18(35)9-7-17/h1-9,19-22,35H,10-15,30H2,(H,31,43)(H,32,42)(H,33,45)(H,34,44)(H,36,37)(H,38,39)(H,40,41)/t19-,20-,21-,22-/m0/s1. The molecule has 2 rings (SSSR count). The number of nitrogens with two attached hydrogens (primary N) is 1. The quantitative estimate of drug-likeness (QED) is 0.0911. The fourth-order valence-corrected chi connectivity index (χ4v) is 4.06. The largest absolute Gasteiger partial charge is 0.508 e. The van der Waals surface area contributed by atoms with Crippen LogP contribution < -0.4 is 27.0 Å². The SMILES string of the molecule is N[C@@H](CC(=O)O)C(=O)N[C@@H](CCC(=O)O)C(=O)N[C@@H](Cc1ccccc1)C(=O)N[C@@H](Cc1ccc(O)cc1)C(=O)NCC(=O)O. The van der Waals surface area contributed by atoms with Crippen LogP contribution in [0.4, 0.5) is 0 Å². The van der Waals surface area contributed by atoms with Gasteiger partial charge in [-0.1, -0.05) is 42.5 Å². The van der Waals surface area contributed by atoms with Gasteiger partial charge in [0.15, 0.2) is 0 Å². The Balaban J connectivity index is 2.34. The molecule has 0 saturated heterocycles. The van der Waals surface area contributed by atoms with Crippen LogP contribution in [0.3, 0.4) is 0 Å². The third-order valence-electron chi connectivity index (χ3n) is 6.35. The molecule has 2 aromatic carbocycles. The zero-order valence-corrected chi connectivity index (χ0v) is 24.0. The van der Waals surface area contributed by atoms with Crippen LogP contribution in [0.25, 0.3) is 0 Å². The van der Waals surface area contributed by atoms with Crippen LogP contribution in [0.1, 0.15) is 30.4 Å². The predicted molar refractivity (Wildman–Crippen MR) is 155 cm³/mol. The molecule has 16 heteroatoms. The monoisotopic (exact) mass is 629 g/mol. The van der Waals surface area contributed by atoms with Crippen LogP contribution in [0.15, 0.2) is 54.6 Å². The van der Waals surface area contributed by atoms with Gasteiger partial charge in [-0.3, -0.25) is 33.6 Å². The zero-order valence-electron chi connectivity index (χ0n) is 24.0. The number of carboxylic acids is 3. The summed E-state index contributed by atoms with van der Waals surface area (Å²) in [6.07, 6.45) is -1.99. The Morgan fingerprint density at radius 2 is 1.13 bits per heavy atom. The van der Waals surface area contributed by atoms with Gasteiger partial charge in [0.2, 0.25) is 23.6 Å². The summed E-state index contributed by atoms with van der Waals surface area (Å²) in [6, 6.07) is 8.32. The Hall–Kier alpha value is -5.51. The summed E-state index contributed by atoms with van der Waals surface area (Å²) in [6.45, 7) is -0.736. The second-order valence-electron chi connectivity index (χ2n) is 9.99. The highest BCUT2D eigenvalue weighted by Crippen LogP contribution is 2.12. The molecule has 45 heavy (non-hydrogen) atoms. The molecule has 0 bridgehead atoms. The number of hydrogen-bond acceptors (Lipinski definition) is 9. The summed E-state index contributed by atoms with van der Waals surface area (Å²) in [5, 5.41) is 46.0. The van der Waals surface area contributed by atoms with Crippen molar-refractivity contribution < 1.29 is 54.0 Å². The Labute approximate surface area is 257 Å². The highest BCUT2D eigenvalue weighted by Gasteiger charge is 2.31. The van der Waals surface area contributed by atoms with Crippen molar-refractivity contribution in [2.45, 2.75) is 56.3 Å². The number of hydrogen-bond donors (Lipinski definition) is 9. The molecule has 0 spiro atoms. The van der Waals surface area contributed by atoms with E-state index in [1.165, 1.54) is 24.3 Å². The Kier molecular flexibility index (Phi) is 13.9. The summed E-state index contributed by atoms with van der Waals surface area (Å²) < 4.78 is 0. The van der Waals surface area contributed by atoms with Crippen LogP contribution in [0, 0.1) is 0 Å². The molecule has 0 heterocycles. The number of benzene rings is 2. The lowest BCUT2D eigenvalue weighted by molar-refractivity contribution is -0.140. The van der Waals surface area contributed by atoms with Crippen LogP contribution in [0.5, 0.6) is 5.75 Å². The molecular weight excluding hydrogens is 594 g/mol. The van der Waals surface area contributed by atoms with Gasteiger partial charge in [-0.05, 0) is 29.7 Å². The molecule has 0 fully saturated rings. The topological polar surface area (TPSA) is 275 Å². The number of aromatic hydroxyl groups is 1. The van der Waals surface area contributed by atoms with Crippen molar-refractivity contribution in [1.82, 2.24) is 21.3 Å². The number of carbonyl (C=O) groups is 7. The summed E-state index contributed by atoms with van der Waals surface area (Å²) >= 11 is 0. The van der Waals surface area contributed by atoms with E-state index in [1.807, 2.05) is 0 Å². The molecule has 4 amide bonds. The van der Waals surface area contributed by atoms with Crippen molar-refractivity contribution in [2.24, 2.45) is 5.73 Å². The average Bonchev–Trinajstić information content (AvgIpc) is 2.98. The van der Waals surface area contributed by atoms with E-state index in [0.717, 1.165) is 0 Å². The minimum Gasteiger partial charge on any atom is -0.508 e. The Morgan fingerprint density at radius 1 is 0.622 bits per heavy atom. The van der Waals surface area contributed by atoms with E-state index < -0.39 is 91.5 Å². The molecule has 0 saturated carbocycles. The first-order valence-corrected chi connectivity index (χ1v) is 13.7. The summed E-state index contributed by atoms with van der Waals surface area (Å²) in [4.78, 5) is 85.5. The molecule has 0 unspecified atom stereocenters. The minimum atomic E-state index is -1.55. The van der Waals surface area contributed by atoms with Gasteiger partial charge in [-0.25, -0.2) is 0 Å². The number of nitrogens with one attached hydrogen (secondary N) is 4. The van der Waals surface area contributed by atoms with Crippen molar-refractivity contribution in [3.63, 3.8) is 0 Å². The maximum atomic E-state index is 13.6. The molecule has 0 aliphatic carbocycles. The van der Waals surface area contributed by atoms with Crippen molar-refractivity contribution in [3.8, 4) is 5.75 Å². The lowest BCUT2D eigenvalue weighted by atomic mass is 10.0. The lowest BCUT2D eigenvalue weighted by Gasteiger charge is -2.26. The third kappa shape index (κ3) is 13.1. The average molecular weight is 630 g/mol. The number of phenols is 1. The van der Waals surface area contributed by atoms with Gasteiger partial charge < -0.3 is 47.4 Å². The minimum absolute atomic E-state index is 0.0474. The molecular formula is C29H35N5O11. The molecule has 4 atom stereocenters. The van der Waals surface area contributed by atoms with E-state index in [1.54, 1.807) is 30.3 Å². The second-order valence-corrected chi connectivity index (χ2v) is 9.99. The first-order valence-electron chi connectivity index (χ1n) is 13.7. The molecule has 242 valence electrons. The maximum absolute atomic E-state index is 13.6. The van der Waals surface area contributed by atoms with E-state index in [9.17, 15) is 38.7 Å². The van der Waals surface area contributed by atoms with Crippen molar-refractivity contribution in [1.29, 1.82) is 0 Å². The van der Waals surface area contributed by atoms with E-state index in [-0.39, 0.29) is 18.6 Å². The molecule has 2 aromatic rings. The molecule has 0 aromatic heterocycles. The summed E-state index contributed by atoms with van der Waals surface area (Å²) in [5.41, 5.74) is 6.66. The van der Waals surface area contributed by atoms with Crippen LogP contribution in [0.2, 0.25) is 0 Å². The number of phenolic OH excluding ortho intramolecular Hbond substituents is 1. The van der Waals surface area contributed by atoms with Gasteiger partial charge in [0.05, 0.1) is 12.5 Å². The highest BCUT2D eigenvalue weighted by atomic mass is 16.4. The fourth-order valence-electron chi connectivity index (χ4n) is 4.06. The first kappa shape index (κ1) is 35.7. The number of aliphatic carboxylic acids is 3. The number of amides is 4. The molecule has 16 nitrogen and oxygen atoms in total. The van der Waals surface area contributed by atoms with Gasteiger partial charge in [0, 0.05) is 19.3 Å². The van der Waals surface area contributed by atoms with Crippen molar-refractivity contribution in [2.75, 3.05) is 6.54 Å². The molecule has 10 N–H and O–H groups in total. The molecule has 0 aliphatic rings. The molecule has 0 aliphatic heterocycles. The summed E-state index contributed by atoms with van der Waals surface area (Å²) in [7, 11) is 0. The van der Waals surface area contributed by atoms with Gasteiger partial charge in [0.1, 0.15) is 30.4 Å². The zero-order chi connectivity index (χ0) is 33.5. The fraction of sp³-hybridized carbons (Fsp3) is 0.345. The van der Waals surface area contributed by atoms with E-state index in [0.29, 0.717) is 11.1 Å². The number of rotatable bonds is 18. The number of carboxylic acid groups (broad SMARTS) is 3. The third-order valence-corrected chi connectivity index (χ3v) is 6.35. The van der Waals surface area contributed by atoms with Gasteiger partial charge in [0.25, 0.3) is 0 Å². The van der Waals surface area contributed by atoms with E-state index in [2.05, 4.69) is 21.3 Å². The van der Waals surface area contributed by atoms with Gasteiger partial charge in [-0.2, -0.15) is 0 Å². The second kappa shape index (κ2) is 17.6. The smallest absolute Gasteiger partial charge is 0.322 e. The maximum Gasteiger partial charge on any atom is 0.322 e. The van der Waals surface area contributed by atoms with E-state index >= 15 is 0 Å². The predicted octanol–water partition coefficient (Wildman–Crippen LogP) is -1.50. The Bertz CT molecular complexity index is 1370. The number of carbonyl (C=O) groups excluding carboxylic acids is 4. The van der Waals surface area contributed by atoms with Gasteiger partial charge in [-0.15, -0.1) is 0 Å². The van der Waals surface area contributed by atoms with Crippen LogP contribution >= 0.6 is 0 Å². The highest BCUT2D eigenvalue weighted by molar-refractivity contribution is 5.96.